The molecule has 6 heteroatoms. The van der Waals surface area contributed by atoms with E-state index in [9.17, 15) is 18.0 Å². The molecule has 0 atom stereocenters. The maximum Gasteiger partial charge on any atom is 0.416 e. The number of ether oxygens (including phenoxy) is 1. The summed E-state index contributed by atoms with van der Waals surface area (Å²) in [6, 6.07) is 10.1. The van der Waals surface area contributed by atoms with E-state index in [1.807, 2.05) is 13.0 Å². The van der Waals surface area contributed by atoms with E-state index in [-0.39, 0.29) is 12.5 Å². The minimum absolute atomic E-state index is 0.105. The van der Waals surface area contributed by atoms with Crippen LogP contribution in [0.5, 0.6) is 5.75 Å². The van der Waals surface area contributed by atoms with Crippen LogP contribution in [0, 0.1) is 6.92 Å². The molecule has 0 radical (unpaired) electrons. The third kappa shape index (κ3) is 4.74. The van der Waals surface area contributed by atoms with E-state index in [0.717, 1.165) is 17.7 Å². The molecule has 2 rings (SSSR count). The lowest BCUT2D eigenvalue weighted by molar-refractivity contribution is -0.137. The zero-order valence-corrected chi connectivity index (χ0v) is 12.7. The van der Waals surface area contributed by atoms with E-state index in [0.29, 0.717) is 17.0 Å². The summed E-state index contributed by atoms with van der Waals surface area (Å²) in [6.45, 7) is 3.37. The molecule has 122 valence electrons. The van der Waals surface area contributed by atoms with E-state index >= 15 is 0 Å². The lowest BCUT2D eigenvalue weighted by Crippen LogP contribution is -2.08. The molecule has 0 spiro atoms. The molecule has 2 aromatic rings. The molecular weight excluding hydrogens is 307 g/mol. The summed E-state index contributed by atoms with van der Waals surface area (Å²) >= 11 is 0. The summed E-state index contributed by atoms with van der Waals surface area (Å²) < 4.78 is 43.2. The van der Waals surface area contributed by atoms with Crippen molar-refractivity contribution in [2.24, 2.45) is 0 Å². The molecule has 2 aromatic carbocycles. The van der Waals surface area contributed by atoms with Crippen LogP contribution in [0.25, 0.3) is 0 Å². The van der Waals surface area contributed by atoms with Gasteiger partial charge in [0, 0.05) is 6.92 Å². The van der Waals surface area contributed by atoms with Gasteiger partial charge in [0.1, 0.15) is 12.4 Å². The highest BCUT2D eigenvalue weighted by molar-refractivity contribution is 5.90. The van der Waals surface area contributed by atoms with Crippen LogP contribution in [0.1, 0.15) is 23.6 Å². The summed E-state index contributed by atoms with van der Waals surface area (Å²) in [5.74, 6) is 0.244. The quantitative estimate of drug-likeness (QED) is 0.896. The molecule has 1 amide bonds. The average Bonchev–Trinajstić information content (AvgIpc) is 2.46. The predicted molar refractivity (Wildman–Crippen MR) is 81.3 cm³/mol. The van der Waals surface area contributed by atoms with Crippen LogP contribution >= 0.6 is 0 Å². The number of rotatable bonds is 4. The standard InChI is InChI=1S/C17H16F3NO2/c1-11-3-8-15(21-12(2)22)16(9-11)23-10-13-4-6-14(7-5-13)17(18,19)20/h3-9H,10H2,1-2H3,(H,21,22). The Bertz CT molecular complexity index is 694. The van der Waals surface area contributed by atoms with Crippen molar-refractivity contribution in [1.82, 2.24) is 0 Å². The third-order valence-corrected chi connectivity index (χ3v) is 3.12. The Morgan fingerprint density at radius 2 is 1.78 bits per heavy atom. The smallest absolute Gasteiger partial charge is 0.416 e. The van der Waals surface area contributed by atoms with E-state index in [2.05, 4.69) is 5.32 Å². The molecule has 1 N–H and O–H groups in total. The molecule has 3 nitrogen and oxygen atoms in total. The van der Waals surface area contributed by atoms with E-state index in [4.69, 9.17) is 4.74 Å². The highest BCUT2D eigenvalue weighted by Gasteiger charge is 2.29. The number of anilines is 1. The Balaban J connectivity index is 2.11. The van der Waals surface area contributed by atoms with Crippen LogP contribution in [0.3, 0.4) is 0 Å². The summed E-state index contributed by atoms with van der Waals surface area (Å²) in [5, 5.41) is 2.65. The van der Waals surface area contributed by atoms with Crippen LogP contribution in [-0.4, -0.2) is 5.91 Å². The molecule has 0 aromatic heterocycles. The molecule has 0 fully saturated rings. The monoisotopic (exact) mass is 323 g/mol. The molecule has 0 saturated heterocycles. The molecule has 0 aliphatic heterocycles. The molecule has 0 saturated carbocycles. The molecule has 0 aliphatic carbocycles. The Kier molecular flexibility index (Phi) is 4.93. The second-order valence-electron chi connectivity index (χ2n) is 5.16. The number of benzene rings is 2. The van der Waals surface area contributed by atoms with Gasteiger partial charge in [-0.1, -0.05) is 18.2 Å². The summed E-state index contributed by atoms with van der Waals surface area (Å²) in [6.07, 6.45) is -4.35. The molecule has 0 bridgehead atoms. The third-order valence-electron chi connectivity index (χ3n) is 3.12. The van der Waals surface area contributed by atoms with Crippen molar-refractivity contribution < 1.29 is 22.7 Å². The minimum atomic E-state index is -4.35. The van der Waals surface area contributed by atoms with Crippen LogP contribution in [-0.2, 0) is 17.6 Å². The number of alkyl halides is 3. The number of aryl methyl sites for hydroxylation is 1. The zero-order valence-electron chi connectivity index (χ0n) is 12.7. The Labute approximate surface area is 132 Å². The van der Waals surface area contributed by atoms with Gasteiger partial charge in [-0.05, 0) is 42.3 Å². The predicted octanol–water partition coefficient (Wildman–Crippen LogP) is 4.55. The van der Waals surface area contributed by atoms with Crippen LogP contribution in [0.15, 0.2) is 42.5 Å². The van der Waals surface area contributed by atoms with Gasteiger partial charge in [0.15, 0.2) is 0 Å². The highest BCUT2D eigenvalue weighted by Crippen LogP contribution is 2.30. The van der Waals surface area contributed by atoms with Gasteiger partial charge >= 0.3 is 6.18 Å². The molecule has 0 unspecified atom stereocenters. The van der Waals surface area contributed by atoms with Crippen molar-refractivity contribution in [3.63, 3.8) is 0 Å². The molecular formula is C17H16F3NO2. The SMILES string of the molecule is CC(=O)Nc1ccc(C)cc1OCc1ccc(C(F)(F)F)cc1. The normalized spacial score (nSPS) is 11.2. The zero-order chi connectivity index (χ0) is 17.0. The molecule has 0 aliphatic rings. The van der Waals surface area contributed by atoms with Crippen molar-refractivity contribution in [2.45, 2.75) is 26.6 Å². The number of halogens is 3. The van der Waals surface area contributed by atoms with Crippen molar-refractivity contribution in [3.05, 3.63) is 59.2 Å². The first-order valence-corrected chi connectivity index (χ1v) is 6.93. The van der Waals surface area contributed by atoms with Crippen molar-refractivity contribution >= 4 is 11.6 Å². The fourth-order valence-corrected chi connectivity index (χ4v) is 1.99. The second kappa shape index (κ2) is 6.73. The second-order valence-corrected chi connectivity index (χ2v) is 5.16. The maximum atomic E-state index is 12.5. The first-order valence-electron chi connectivity index (χ1n) is 6.93. The Morgan fingerprint density at radius 1 is 1.13 bits per heavy atom. The van der Waals surface area contributed by atoms with Gasteiger partial charge in [-0.3, -0.25) is 4.79 Å². The number of hydrogen-bond donors (Lipinski definition) is 1. The number of nitrogens with one attached hydrogen (secondary N) is 1. The minimum Gasteiger partial charge on any atom is -0.487 e. The van der Waals surface area contributed by atoms with Gasteiger partial charge in [0.25, 0.3) is 0 Å². The fourth-order valence-electron chi connectivity index (χ4n) is 1.99. The van der Waals surface area contributed by atoms with Crippen molar-refractivity contribution in [2.75, 3.05) is 5.32 Å². The van der Waals surface area contributed by atoms with Gasteiger partial charge in [-0.2, -0.15) is 13.2 Å². The van der Waals surface area contributed by atoms with Crippen LogP contribution in [0.4, 0.5) is 18.9 Å². The molecule has 23 heavy (non-hydrogen) atoms. The maximum absolute atomic E-state index is 12.5. The van der Waals surface area contributed by atoms with E-state index in [1.54, 1.807) is 12.1 Å². The van der Waals surface area contributed by atoms with Gasteiger partial charge < -0.3 is 10.1 Å². The number of carbonyl (C=O) groups is 1. The van der Waals surface area contributed by atoms with Crippen molar-refractivity contribution in [3.8, 4) is 5.75 Å². The largest absolute Gasteiger partial charge is 0.487 e. The lowest BCUT2D eigenvalue weighted by Gasteiger charge is -2.13. The summed E-state index contributed by atoms with van der Waals surface area (Å²) in [4.78, 5) is 11.2. The van der Waals surface area contributed by atoms with Gasteiger partial charge in [-0.25, -0.2) is 0 Å². The average molecular weight is 323 g/mol. The molecule has 0 heterocycles. The highest BCUT2D eigenvalue weighted by atomic mass is 19.4. The number of carbonyl (C=O) groups excluding carboxylic acids is 1. The summed E-state index contributed by atoms with van der Waals surface area (Å²) in [7, 11) is 0. The first kappa shape index (κ1) is 16.9. The van der Waals surface area contributed by atoms with Gasteiger partial charge in [0.05, 0.1) is 11.3 Å². The Hall–Kier alpha value is -2.50. The summed E-state index contributed by atoms with van der Waals surface area (Å²) in [5.41, 5.74) is 1.38. The van der Waals surface area contributed by atoms with E-state index in [1.165, 1.54) is 19.1 Å². The van der Waals surface area contributed by atoms with Gasteiger partial charge in [-0.15, -0.1) is 0 Å². The fraction of sp³-hybridized carbons (Fsp3) is 0.235. The van der Waals surface area contributed by atoms with E-state index < -0.39 is 11.7 Å². The van der Waals surface area contributed by atoms with Crippen molar-refractivity contribution in [1.29, 1.82) is 0 Å². The number of hydrogen-bond acceptors (Lipinski definition) is 2. The first-order chi connectivity index (χ1) is 10.8. The number of amides is 1. The topological polar surface area (TPSA) is 38.3 Å². The Morgan fingerprint density at radius 3 is 2.35 bits per heavy atom. The van der Waals surface area contributed by atoms with Crippen LogP contribution in [0.2, 0.25) is 0 Å². The van der Waals surface area contributed by atoms with Gasteiger partial charge in [0.2, 0.25) is 5.91 Å². The van der Waals surface area contributed by atoms with Crippen LogP contribution < -0.4 is 10.1 Å². The lowest BCUT2D eigenvalue weighted by atomic mass is 10.1.